The molecule has 2 saturated heterocycles. The third-order valence-corrected chi connectivity index (χ3v) is 7.37. The molecule has 1 aromatic rings. The standard InChI is InChI=1S/C27H45BN4O6/c1-18(2)21(31-24(34)36-25(3,4)5)22(33)32-13-10-11-19(17-32)12-14-35-23-29-15-20(16-30-23)28-37-26(6,7)27(8,9)38-28/h15-16,18-19,21H,10-14,17H2,1-9H3,(H,31,34)/t19-,21-/m0/s1. The molecule has 0 aromatic carbocycles. The van der Waals surface area contributed by atoms with Crippen molar-refractivity contribution in [2.75, 3.05) is 19.7 Å². The SMILES string of the molecule is CC(C)[C@H](NC(=O)OC(C)(C)C)C(=O)N1CCC[C@@H](CCOc2ncc(B3OC(C)(C)C(C)(C)O3)cn2)C1. The zero-order chi connectivity index (χ0) is 28.3. The van der Waals surface area contributed by atoms with Gasteiger partial charge in [0.05, 0.1) is 17.8 Å². The molecule has 2 aliphatic rings. The number of rotatable bonds is 8. The maximum absolute atomic E-state index is 13.3. The van der Waals surface area contributed by atoms with E-state index in [1.165, 1.54) is 0 Å². The molecule has 0 spiro atoms. The van der Waals surface area contributed by atoms with Crippen molar-refractivity contribution in [2.45, 2.75) is 104 Å². The molecular weight excluding hydrogens is 487 g/mol. The summed E-state index contributed by atoms with van der Waals surface area (Å²) < 4.78 is 23.3. The van der Waals surface area contributed by atoms with Crippen LogP contribution in [0.1, 0.15) is 81.6 Å². The Labute approximate surface area is 227 Å². The summed E-state index contributed by atoms with van der Waals surface area (Å²) in [5.41, 5.74) is -0.732. The van der Waals surface area contributed by atoms with Crippen LogP contribution in [0.3, 0.4) is 0 Å². The minimum atomic E-state index is -0.629. The second-order valence-corrected chi connectivity index (χ2v) is 12.7. The number of amides is 2. The van der Waals surface area contributed by atoms with Crippen LogP contribution in [0.2, 0.25) is 0 Å². The Kier molecular flexibility index (Phi) is 9.34. The fourth-order valence-electron chi connectivity index (χ4n) is 4.46. The topological polar surface area (TPSA) is 112 Å². The molecular formula is C27H45BN4O6. The van der Waals surface area contributed by atoms with Gasteiger partial charge in [-0.15, -0.1) is 0 Å². The van der Waals surface area contributed by atoms with Gasteiger partial charge in [0.2, 0.25) is 5.91 Å². The molecule has 2 amide bonds. The van der Waals surface area contributed by atoms with Crippen LogP contribution < -0.4 is 15.5 Å². The minimum Gasteiger partial charge on any atom is -0.463 e. The highest BCUT2D eigenvalue weighted by Gasteiger charge is 2.52. The zero-order valence-corrected chi connectivity index (χ0v) is 24.5. The van der Waals surface area contributed by atoms with E-state index in [1.54, 1.807) is 33.2 Å². The highest BCUT2D eigenvalue weighted by atomic mass is 16.7. The molecule has 2 aliphatic heterocycles. The number of nitrogens with zero attached hydrogens (tertiary/aromatic N) is 3. The van der Waals surface area contributed by atoms with Crippen molar-refractivity contribution in [1.82, 2.24) is 20.2 Å². The van der Waals surface area contributed by atoms with Crippen molar-refractivity contribution in [3.8, 4) is 6.01 Å². The molecule has 0 bridgehead atoms. The average Bonchev–Trinajstić information content (AvgIpc) is 3.03. The smallest absolute Gasteiger partial charge is 0.463 e. The zero-order valence-electron chi connectivity index (χ0n) is 24.5. The van der Waals surface area contributed by atoms with E-state index in [0.29, 0.717) is 31.6 Å². The van der Waals surface area contributed by atoms with E-state index >= 15 is 0 Å². The molecule has 10 nitrogen and oxygen atoms in total. The van der Waals surface area contributed by atoms with Crippen molar-refractivity contribution >= 4 is 24.6 Å². The summed E-state index contributed by atoms with van der Waals surface area (Å²) in [5.74, 6) is 0.167. The predicted molar refractivity (Wildman–Crippen MR) is 145 cm³/mol. The summed E-state index contributed by atoms with van der Waals surface area (Å²) in [5, 5.41) is 2.77. The number of ether oxygens (including phenoxy) is 2. The van der Waals surface area contributed by atoms with Gasteiger partial charge in [-0.1, -0.05) is 13.8 Å². The monoisotopic (exact) mass is 532 g/mol. The van der Waals surface area contributed by atoms with E-state index in [9.17, 15) is 9.59 Å². The molecule has 3 rings (SSSR count). The first-order valence-corrected chi connectivity index (χ1v) is 13.7. The third-order valence-electron chi connectivity index (χ3n) is 7.37. The lowest BCUT2D eigenvalue weighted by Crippen LogP contribution is -2.54. The molecule has 11 heteroatoms. The Balaban J connectivity index is 1.48. The Hall–Kier alpha value is -2.40. The van der Waals surface area contributed by atoms with Gasteiger partial charge in [-0.3, -0.25) is 4.79 Å². The number of likely N-dealkylation sites (tertiary alicyclic amines) is 1. The molecule has 1 N–H and O–H groups in total. The minimum absolute atomic E-state index is 0.0592. The molecule has 0 unspecified atom stereocenters. The molecule has 38 heavy (non-hydrogen) atoms. The number of hydrogen-bond donors (Lipinski definition) is 1. The Morgan fingerprint density at radius 3 is 2.32 bits per heavy atom. The van der Waals surface area contributed by atoms with Gasteiger partial charge in [0.15, 0.2) is 0 Å². The maximum Gasteiger partial charge on any atom is 0.498 e. The summed E-state index contributed by atoms with van der Waals surface area (Å²) in [6, 6.07) is -0.328. The largest absolute Gasteiger partial charge is 0.498 e. The molecule has 2 fully saturated rings. The van der Waals surface area contributed by atoms with Crippen LogP contribution in [-0.2, 0) is 18.8 Å². The predicted octanol–water partition coefficient (Wildman–Crippen LogP) is 3.33. The van der Waals surface area contributed by atoms with Crippen molar-refractivity contribution in [2.24, 2.45) is 11.8 Å². The van der Waals surface area contributed by atoms with Gasteiger partial charge in [-0.05, 0) is 79.6 Å². The lowest BCUT2D eigenvalue weighted by atomic mass is 9.81. The molecule has 212 valence electrons. The molecule has 1 aromatic heterocycles. The second kappa shape index (κ2) is 11.8. The van der Waals surface area contributed by atoms with Crippen molar-refractivity contribution in [1.29, 1.82) is 0 Å². The van der Waals surface area contributed by atoms with E-state index in [-0.39, 0.29) is 11.8 Å². The number of aromatic nitrogens is 2. The lowest BCUT2D eigenvalue weighted by molar-refractivity contribution is -0.136. The normalized spacial score (nSPS) is 21.8. The van der Waals surface area contributed by atoms with Gasteiger partial charge in [0, 0.05) is 30.9 Å². The van der Waals surface area contributed by atoms with Crippen LogP contribution >= 0.6 is 0 Å². The number of piperidine rings is 1. The Morgan fingerprint density at radius 1 is 1.16 bits per heavy atom. The van der Waals surface area contributed by atoms with Gasteiger partial charge in [0.1, 0.15) is 11.6 Å². The second-order valence-electron chi connectivity index (χ2n) is 12.7. The van der Waals surface area contributed by atoms with Crippen LogP contribution in [0.25, 0.3) is 0 Å². The Morgan fingerprint density at radius 2 is 1.76 bits per heavy atom. The summed E-state index contributed by atoms with van der Waals surface area (Å²) in [6.45, 7) is 19.0. The molecule has 0 radical (unpaired) electrons. The molecule has 2 atom stereocenters. The Bertz CT molecular complexity index is 947. The quantitative estimate of drug-likeness (QED) is 0.508. The van der Waals surface area contributed by atoms with Gasteiger partial charge in [-0.2, -0.15) is 0 Å². The molecule has 0 saturated carbocycles. The summed E-state index contributed by atoms with van der Waals surface area (Å²) in [4.78, 5) is 36.1. The van der Waals surface area contributed by atoms with Gasteiger partial charge in [0.25, 0.3) is 0 Å². The highest BCUT2D eigenvalue weighted by Crippen LogP contribution is 2.36. The number of carbonyl (C=O) groups is 2. The maximum atomic E-state index is 13.3. The van der Waals surface area contributed by atoms with Crippen molar-refractivity contribution in [3.05, 3.63) is 12.4 Å². The third kappa shape index (κ3) is 7.82. The van der Waals surface area contributed by atoms with Crippen molar-refractivity contribution in [3.63, 3.8) is 0 Å². The van der Waals surface area contributed by atoms with Crippen LogP contribution in [-0.4, -0.2) is 76.5 Å². The first-order chi connectivity index (χ1) is 17.6. The summed E-state index contributed by atoms with van der Waals surface area (Å²) in [7, 11) is -0.515. The fraction of sp³-hybridized carbons (Fsp3) is 0.778. The summed E-state index contributed by atoms with van der Waals surface area (Å²) >= 11 is 0. The fourth-order valence-corrected chi connectivity index (χ4v) is 4.46. The van der Waals surface area contributed by atoms with Gasteiger partial charge < -0.3 is 29.0 Å². The highest BCUT2D eigenvalue weighted by molar-refractivity contribution is 6.61. The van der Waals surface area contributed by atoms with Gasteiger partial charge in [-0.25, -0.2) is 14.8 Å². The van der Waals surface area contributed by atoms with Gasteiger partial charge >= 0.3 is 19.2 Å². The van der Waals surface area contributed by atoms with E-state index in [1.807, 2.05) is 46.4 Å². The van der Waals surface area contributed by atoms with E-state index in [0.717, 1.165) is 24.7 Å². The molecule has 3 heterocycles. The summed E-state index contributed by atoms with van der Waals surface area (Å²) in [6.07, 6.45) is 5.48. The van der Waals surface area contributed by atoms with E-state index < -0.39 is 36.1 Å². The number of nitrogens with one attached hydrogen (secondary N) is 1. The lowest BCUT2D eigenvalue weighted by Gasteiger charge is -2.36. The van der Waals surface area contributed by atoms with Crippen LogP contribution in [0.4, 0.5) is 4.79 Å². The van der Waals surface area contributed by atoms with E-state index in [2.05, 4.69) is 15.3 Å². The number of hydrogen-bond acceptors (Lipinski definition) is 8. The number of carbonyl (C=O) groups excluding carboxylic acids is 2. The molecule has 0 aliphatic carbocycles. The van der Waals surface area contributed by atoms with E-state index in [4.69, 9.17) is 18.8 Å². The van der Waals surface area contributed by atoms with Crippen LogP contribution in [0, 0.1) is 11.8 Å². The first-order valence-electron chi connectivity index (χ1n) is 13.7. The van der Waals surface area contributed by atoms with Crippen LogP contribution in [0.5, 0.6) is 6.01 Å². The number of alkyl carbamates (subject to hydrolysis) is 1. The first kappa shape index (κ1) is 30.2. The average molecular weight is 532 g/mol. The van der Waals surface area contributed by atoms with Crippen molar-refractivity contribution < 1.29 is 28.4 Å². The van der Waals surface area contributed by atoms with Crippen LogP contribution in [0.15, 0.2) is 12.4 Å².